The molecular weight excluding hydrogens is 428 g/mol. The molecular formula is C25H21ClN2O4. The highest BCUT2D eigenvalue weighted by atomic mass is 35.5. The maximum Gasteiger partial charge on any atom is 0.282 e. The Morgan fingerprint density at radius 3 is 2.28 bits per heavy atom. The molecule has 1 N–H and O–H groups in total. The topological polar surface area (TPSA) is 67.9 Å². The second-order valence-electron chi connectivity index (χ2n) is 6.99. The Hall–Kier alpha value is -3.77. The van der Waals surface area contributed by atoms with Crippen LogP contribution in [0.5, 0.6) is 11.5 Å². The van der Waals surface area contributed by atoms with E-state index in [4.69, 9.17) is 21.1 Å². The van der Waals surface area contributed by atoms with Crippen LogP contribution in [0.1, 0.15) is 12.5 Å². The van der Waals surface area contributed by atoms with E-state index >= 15 is 0 Å². The Labute approximate surface area is 191 Å². The van der Waals surface area contributed by atoms with E-state index in [1.54, 1.807) is 79.9 Å². The van der Waals surface area contributed by atoms with Gasteiger partial charge in [0.2, 0.25) is 0 Å². The Morgan fingerprint density at radius 2 is 1.62 bits per heavy atom. The number of methoxy groups -OCH3 is 1. The summed E-state index contributed by atoms with van der Waals surface area (Å²) in [5, 5.41) is 3.64. The van der Waals surface area contributed by atoms with Gasteiger partial charge in [0.1, 0.15) is 17.2 Å². The summed E-state index contributed by atoms with van der Waals surface area (Å²) in [6.07, 6.45) is 0. The number of nitrogens with one attached hydrogen (secondary N) is 1. The van der Waals surface area contributed by atoms with Crippen LogP contribution >= 0.6 is 11.6 Å². The van der Waals surface area contributed by atoms with Crippen LogP contribution in [-0.2, 0) is 9.59 Å². The van der Waals surface area contributed by atoms with Gasteiger partial charge in [-0.3, -0.25) is 9.59 Å². The zero-order valence-electron chi connectivity index (χ0n) is 17.6. The van der Waals surface area contributed by atoms with Gasteiger partial charge >= 0.3 is 0 Å². The molecule has 2 amide bonds. The van der Waals surface area contributed by atoms with Crippen LogP contribution in [0.3, 0.4) is 0 Å². The molecule has 1 heterocycles. The number of imide groups is 1. The van der Waals surface area contributed by atoms with Crippen molar-refractivity contribution in [3.63, 3.8) is 0 Å². The van der Waals surface area contributed by atoms with Gasteiger partial charge in [-0.15, -0.1) is 0 Å². The van der Waals surface area contributed by atoms with Gasteiger partial charge in [-0.1, -0.05) is 29.8 Å². The van der Waals surface area contributed by atoms with Crippen LogP contribution in [0.15, 0.2) is 78.5 Å². The van der Waals surface area contributed by atoms with Gasteiger partial charge in [-0.05, 0) is 61.0 Å². The predicted octanol–water partition coefficient (Wildman–Crippen LogP) is 5.14. The van der Waals surface area contributed by atoms with Crippen LogP contribution in [0.25, 0.3) is 5.57 Å². The molecule has 0 unspecified atom stereocenters. The minimum absolute atomic E-state index is 0.183. The van der Waals surface area contributed by atoms with Crippen molar-refractivity contribution in [3.05, 3.63) is 89.1 Å². The molecule has 1 aliphatic heterocycles. The first kappa shape index (κ1) is 21.5. The highest BCUT2D eigenvalue weighted by molar-refractivity contribution is 6.46. The molecule has 0 aromatic heterocycles. The van der Waals surface area contributed by atoms with E-state index in [9.17, 15) is 9.59 Å². The number of amides is 2. The number of ether oxygens (including phenoxy) is 2. The van der Waals surface area contributed by atoms with Crippen molar-refractivity contribution in [1.82, 2.24) is 0 Å². The van der Waals surface area contributed by atoms with E-state index in [0.29, 0.717) is 40.1 Å². The molecule has 0 spiro atoms. The van der Waals surface area contributed by atoms with Crippen LogP contribution in [0.4, 0.5) is 11.4 Å². The van der Waals surface area contributed by atoms with E-state index in [1.165, 1.54) is 0 Å². The summed E-state index contributed by atoms with van der Waals surface area (Å²) in [7, 11) is 1.57. The molecule has 0 fully saturated rings. The summed E-state index contributed by atoms with van der Waals surface area (Å²) >= 11 is 5.99. The van der Waals surface area contributed by atoms with Crippen LogP contribution < -0.4 is 19.7 Å². The number of benzene rings is 3. The lowest BCUT2D eigenvalue weighted by molar-refractivity contribution is -0.120. The van der Waals surface area contributed by atoms with Crippen molar-refractivity contribution in [2.45, 2.75) is 6.92 Å². The summed E-state index contributed by atoms with van der Waals surface area (Å²) in [6.45, 7) is 2.43. The summed E-state index contributed by atoms with van der Waals surface area (Å²) in [4.78, 5) is 28.0. The average molecular weight is 449 g/mol. The number of carbonyl (C=O) groups excluding carboxylic acids is 2. The van der Waals surface area contributed by atoms with Gasteiger partial charge in [0.05, 0.1) is 25.0 Å². The third-order valence-corrected chi connectivity index (χ3v) is 5.21. The molecule has 0 radical (unpaired) electrons. The van der Waals surface area contributed by atoms with E-state index in [0.717, 1.165) is 4.90 Å². The maximum absolute atomic E-state index is 13.5. The summed E-state index contributed by atoms with van der Waals surface area (Å²) in [5.41, 5.74) is 2.13. The lowest BCUT2D eigenvalue weighted by atomic mass is 10.0. The van der Waals surface area contributed by atoms with Crippen molar-refractivity contribution < 1.29 is 19.1 Å². The van der Waals surface area contributed by atoms with Crippen LogP contribution in [0, 0.1) is 0 Å². The molecule has 0 bridgehead atoms. The van der Waals surface area contributed by atoms with Crippen LogP contribution in [0.2, 0.25) is 5.02 Å². The van der Waals surface area contributed by atoms with Gasteiger partial charge < -0.3 is 14.8 Å². The first-order valence-electron chi connectivity index (χ1n) is 10.0. The Morgan fingerprint density at radius 1 is 0.906 bits per heavy atom. The molecule has 0 saturated carbocycles. The van der Waals surface area contributed by atoms with Gasteiger partial charge in [0.15, 0.2) is 0 Å². The fourth-order valence-electron chi connectivity index (χ4n) is 3.47. The van der Waals surface area contributed by atoms with Crippen molar-refractivity contribution in [3.8, 4) is 11.5 Å². The largest absolute Gasteiger partial charge is 0.497 e. The number of hydrogen-bond donors (Lipinski definition) is 1. The predicted molar refractivity (Wildman–Crippen MR) is 125 cm³/mol. The molecule has 7 heteroatoms. The highest BCUT2D eigenvalue weighted by Crippen LogP contribution is 2.35. The normalized spacial score (nSPS) is 13.5. The fourth-order valence-corrected chi connectivity index (χ4v) is 3.59. The molecule has 3 aromatic carbocycles. The molecule has 0 aliphatic carbocycles. The third kappa shape index (κ3) is 4.18. The van der Waals surface area contributed by atoms with Gasteiger partial charge in [0.25, 0.3) is 11.8 Å². The molecule has 32 heavy (non-hydrogen) atoms. The maximum atomic E-state index is 13.5. The lowest BCUT2D eigenvalue weighted by Gasteiger charge is -2.15. The Balaban J connectivity index is 1.78. The first-order chi connectivity index (χ1) is 15.5. The minimum Gasteiger partial charge on any atom is -0.497 e. The van der Waals surface area contributed by atoms with Crippen LogP contribution in [-0.4, -0.2) is 25.5 Å². The number of carbonyl (C=O) groups is 2. The zero-order chi connectivity index (χ0) is 22.7. The number of halogens is 1. The second-order valence-corrected chi connectivity index (χ2v) is 7.42. The Kier molecular flexibility index (Phi) is 6.14. The van der Waals surface area contributed by atoms with Crippen molar-refractivity contribution in [2.75, 3.05) is 23.9 Å². The average Bonchev–Trinajstić information content (AvgIpc) is 3.05. The number of anilines is 2. The van der Waals surface area contributed by atoms with E-state index in [-0.39, 0.29) is 11.3 Å². The summed E-state index contributed by atoms with van der Waals surface area (Å²) in [5.74, 6) is 0.436. The number of nitrogens with zero attached hydrogens (tertiary/aromatic N) is 1. The minimum atomic E-state index is -0.455. The molecule has 0 saturated heterocycles. The second kappa shape index (κ2) is 9.16. The standard InChI is InChI=1S/C25H21ClN2O4/c1-3-32-20-13-7-16(8-14-20)22-23(27-18-5-4-6-21(15-18)31-2)25(30)28(24(22)29)19-11-9-17(26)10-12-19/h4-15,27H,3H2,1-2H3. The summed E-state index contributed by atoms with van der Waals surface area (Å²) in [6, 6.07) is 20.8. The van der Waals surface area contributed by atoms with Gasteiger partial charge in [0, 0.05) is 16.8 Å². The number of hydrogen-bond acceptors (Lipinski definition) is 5. The molecule has 162 valence electrons. The quantitative estimate of drug-likeness (QED) is 0.506. The van der Waals surface area contributed by atoms with Gasteiger partial charge in [-0.25, -0.2) is 4.90 Å². The zero-order valence-corrected chi connectivity index (χ0v) is 18.3. The number of rotatable bonds is 7. The first-order valence-corrected chi connectivity index (χ1v) is 10.4. The monoisotopic (exact) mass is 448 g/mol. The van der Waals surface area contributed by atoms with Crippen molar-refractivity contribution in [1.29, 1.82) is 0 Å². The van der Waals surface area contributed by atoms with Crippen molar-refractivity contribution >= 4 is 40.4 Å². The molecule has 1 aliphatic rings. The lowest BCUT2D eigenvalue weighted by Crippen LogP contribution is -2.32. The summed E-state index contributed by atoms with van der Waals surface area (Å²) < 4.78 is 10.8. The smallest absolute Gasteiger partial charge is 0.282 e. The van der Waals surface area contributed by atoms with Gasteiger partial charge in [-0.2, -0.15) is 0 Å². The molecule has 4 rings (SSSR count). The van der Waals surface area contributed by atoms with E-state index < -0.39 is 11.8 Å². The molecule has 3 aromatic rings. The van der Waals surface area contributed by atoms with Crippen molar-refractivity contribution in [2.24, 2.45) is 0 Å². The van der Waals surface area contributed by atoms with E-state index in [2.05, 4.69) is 5.32 Å². The molecule has 6 nitrogen and oxygen atoms in total. The fraction of sp³-hybridized carbons (Fsp3) is 0.120. The van der Waals surface area contributed by atoms with E-state index in [1.807, 2.05) is 6.92 Å². The third-order valence-electron chi connectivity index (χ3n) is 4.96. The Bertz CT molecular complexity index is 1190. The molecule has 0 atom stereocenters. The highest BCUT2D eigenvalue weighted by Gasteiger charge is 2.40. The SMILES string of the molecule is CCOc1ccc(C2=C(Nc3cccc(OC)c3)C(=O)N(c3ccc(Cl)cc3)C2=O)cc1.